The molecule has 17 heavy (non-hydrogen) atoms. The second kappa shape index (κ2) is 4.94. The van der Waals surface area contributed by atoms with Crippen LogP contribution in [-0.2, 0) is 0 Å². The molecule has 0 radical (unpaired) electrons. The quantitative estimate of drug-likeness (QED) is 0.814. The Hall–Kier alpha value is -1.26. The fourth-order valence-electron chi connectivity index (χ4n) is 1.95. The van der Waals surface area contributed by atoms with Crippen molar-refractivity contribution in [3.8, 4) is 11.5 Å². The minimum atomic E-state index is -0.480. The van der Waals surface area contributed by atoms with Gasteiger partial charge in [-0.3, -0.25) is 0 Å². The third-order valence-electron chi connectivity index (χ3n) is 3.23. The molecular weight excluding hydrogens is 218 g/mol. The van der Waals surface area contributed by atoms with Gasteiger partial charge in [-0.1, -0.05) is 0 Å². The second-order valence-corrected chi connectivity index (χ2v) is 4.50. The van der Waals surface area contributed by atoms with Crippen molar-refractivity contribution in [3.63, 3.8) is 0 Å². The number of ether oxygens (including phenoxy) is 2. The number of hydrogen-bond donors (Lipinski definition) is 2. The molecule has 2 atom stereocenters. The van der Waals surface area contributed by atoms with Crippen molar-refractivity contribution in [2.24, 2.45) is 11.7 Å². The van der Waals surface area contributed by atoms with Crippen LogP contribution in [0.4, 0.5) is 0 Å². The Kier molecular flexibility index (Phi) is 3.54. The molecule has 0 unspecified atom stereocenters. The molecule has 0 heterocycles. The number of methoxy groups -OCH3 is 2. The van der Waals surface area contributed by atoms with Crippen LogP contribution in [-0.4, -0.2) is 25.4 Å². The molecule has 1 aromatic rings. The molecule has 0 aliphatic heterocycles. The third-order valence-corrected chi connectivity index (χ3v) is 3.23. The minimum Gasteiger partial charge on any atom is -0.497 e. The van der Waals surface area contributed by atoms with Gasteiger partial charge in [-0.15, -0.1) is 0 Å². The molecule has 0 amide bonds. The third kappa shape index (κ3) is 2.70. The van der Waals surface area contributed by atoms with Crippen LogP contribution >= 0.6 is 0 Å². The van der Waals surface area contributed by atoms with E-state index < -0.39 is 6.10 Å². The van der Waals surface area contributed by atoms with Gasteiger partial charge in [-0.05, 0) is 36.5 Å². The topological polar surface area (TPSA) is 64.7 Å². The summed E-state index contributed by atoms with van der Waals surface area (Å²) in [5.74, 6) is 1.73. The summed E-state index contributed by atoms with van der Waals surface area (Å²) in [6.07, 6.45) is 1.65. The van der Waals surface area contributed by atoms with Crippen molar-refractivity contribution in [3.05, 3.63) is 23.8 Å². The summed E-state index contributed by atoms with van der Waals surface area (Å²) in [4.78, 5) is 0. The molecule has 4 nitrogen and oxygen atoms in total. The number of hydrogen-bond acceptors (Lipinski definition) is 4. The van der Waals surface area contributed by atoms with Gasteiger partial charge < -0.3 is 20.3 Å². The first-order valence-corrected chi connectivity index (χ1v) is 5.82. The highest BCUT2D eigenvalue weighted by Crippen LogP contribution is 2.38. The lowest BCUT2D eigenvalue weighted by molar-refractivity contribution is 0.122. The minimum absolute atomic E-state index is 0.349. The Labute approximate surface area is 101 Å². The molecule has 0 spiro atoms. The molecule has 0 saturated heterocycles. The average molecular weight is 237 g/mol. The Bertz CT molecular complexity index is 368. The number of aliphatic hydroxyl groups excluding tert-OH is 1. The first-order valence-electron chi connectivity index (χ1n) is 5.82. The first-order chi connectivity index (χ1) is 8.15. The number of rotatable bonds is 5. The van der Waals surface area contributed by atoms with Crippen molar-refractivity contribution in [2.75, 3.05) is 14.2 Å². The van der Waals surface area contributed by atoms with Crippen molar-refractivity contribution >= 4 is 0 Å². The molecule has 1 aliphatic rings. The SMILES string of the molecule is COc1cc(OC)cc([C@@H](N)[C@@H](O)C2CC2)c1. The summed E-state index contributed by atoms with van der Waals surface area (Å²) >= 11 is 0. The Morgan fingerprint density at radius 2 is 1.71 bits per heavy atom. The van der Waals surface area contributed by atoms with E-state index in [4.69, 9.17) is 15.2 Å². The largest absolute Gasteiger partial charge is 0.497 e. The van der Waals surface area contributed by atoms with Gasteiger partial charge in [0, 0.05) is 6.07 Å². The highest BCUT2D eigenvalue weighted by molar-refractivity contribution is 5.40. The maximum absolute atomic E-state index is 10.0. The van der Waals surface area contributed by atoms with Gasteiger partial charge in [0.15, 0.2) is 0 Å². The van der Waals surface area contributed by atoms with E-state index in [1.807, 2.05) is 12.1 Å². The number of aliphatic hydroxyl groups is 1. The summed E-state index contributed by atoms with van der Waals surface area (Å²) in [5.41, 5.74) is 6.91. The standard InChI is InChI=1S/C13H19NO3/c1-16-10-5-9(6-11(7-10)17-2)12(14)13(15)8-3-4-8/h5-8,12-13,15H,3-4,14H2,1-2H3/t12-,13+/m1/s1. The van der Waals surface area contributed by atoms with Gasteiger partial charge in [-0.2, -0.15) is 0 Å². The Morgan fingerprint density at radius 3 is 2.12 bits per heavy atom. The first kappa shape index (κ1) is 12.2. The lowest BCUT2D eigenvalue weighted by Crippen LogP contribution is -2.27. The van der Waals surface area contributed by atoms with Crippen LogP contribution in [0, 0.1) is 5.92 Å². The van der Waals surface area contributed by atoms with E-state index in [-0.39, 0.29) is 6.04 Å². The normalized spacial score (nSPS) is 18.6. The zero-order valence-electron chi connectivity index (χ0n) is 10.2. The van der Waals surface area contributed by atoms with E-state index in [9.17, 15) is 5.11 Å². The van der Waals surface area contributed by atoms with Gasteiger partial charge in [-0.25, -0.2) is 0 Å². The van der Waals surface area contributed by atoms with Gasteiger partial charge in [0.05, 0.1) is 26.4 Å². The molecule has 0 aromatic heterocycles. The van der Waals surface area contributed by atoms with E-state index in [1.165, 1.54) is 0 Å². The van der Waals surface area contributed by atoms with Crippen LogP contribution in [0.2, 0.25) is 0 Å². The van der Waals surface area contributed by atoms with Gasteiger partial charge in [0.25, 0.3) is 0 Å². The summed E-state index contributed by atoms with van der Waals surface area (Å²) in [5, 5.41) is 10.0. The Balaban J connectivity index is 2.23. The molecule has 1 fully saturated rings. The maximum Gasteiger partial charge on any atom is 0.122 e. The molecular formula is C13H19NO3. The molecule has 0 bridgehead atoms. The molecule has 1 aromatic carbocycles. The lowest BCUT2D eigenvalue weighted by Gasteiger charge is -2.20. The van der Waals surface area contributed by atoms with Crippen molar-refractivity contribution in [2.45, 2.75) is 25.0 Å². The molecule has 94 valence electrons. The molecule has 2 rings (SSSR count). The van der Waals surface area contributed by atoms with Crippen molar-refractivity contribution in [1.82, 2.24) is 0 Å². The number of benzene rings is 1. The van der Waals surface area contributed by atoms with Crippen molar-refractivity contribution in [1.29, 1.82) is 0 Å². The molecule has 1 aliphatic carbocycles. The molecule has 1 saturated carbocycles. The number of nitrogens with two attached hydrogens (primary N) is 1. The summed E-state index contributed by atoms with van der Waals surface area (Å²) in [7, 11) is 3.20. The zero-order valence-corrected chi connectivity index (χ0v) is 10.2. The van der Waals surface area contributed by atoms with E-state index in [0.29, 0.717) is 17.4 Å². The fourth-order valence-corrected chi connectivity index (χ4v) is 1.95. The Morgan fingerprint density at radius 1 is 1.18 bits per heavy atom. The fraction of sp³-hybridized carbons (Fsp3) is 0.538. The van der Waals surface area contributed by atoms with Gasteiger partial charge in [0.2, 0.25) is 0 Å². The van der Waals surface area contributed by atoms with E-state index >= 15 is 0 Å². The van der Waals surface area contributed by atoms with Gasteiger partial charge in [0.1, 0.15) is 11.5 Å². The predicted octanol–water partition coefficient (Wildman–Crippen LogP) is 1.47. The molecule has 3 N–H and O–H groups in total. The highest BCUT2D eigenvalue weighted by Gasteiger charge is 2.34. The van der Waals surface area contributed by atoms with Crippen LogP contribution in [0.3, 0.4) is 0 Å². The summed E-state index contributed by atoms with van der Waals surface area (Å²) in [6.45, 7) is 0. The zero-order chi connectivity index (χ0) is 12.4. The highest BCUT2D eigenvalue weighted by atomic mass is 16.5. The maximum atomic E-state index is 10.0. The second-order valence-electron chi connectivity index (χ2n) is 4.50. The average Bonchev–Trinajstić information content (AvgIpc) is 3.20. The van der Waals surface area contributed by atoms with E-state index in [2.05, 4.69) is 0 Å². The monoisotopic (exact) mass is 237 g/mol. The van der Waals surface area contributed by atoms with Crippen LogP contribution in [0.15, 0.2) is 18.2 Å². The van der Waals surface area contributed by atoms with Crippen LogP contribution < -0.4 is 15.2 Å². The van der Waals surface area contributed by atoms with Crippen LogP contribution in [0.1, 0.15) is 24.4 Å². The summed E-state index contributed by atoms with van der Waals surface area (Å²) < 4.78 is 10.4. The van der Waals surface area contributed by atoms with Gasteiger partial charge >= 0.3 is 0 Å². The predicted molar refractivity (Wildman–Crippen MR) is 65.2 cm³/mol. The van der Waals surface area contributed by atoms with E-state index in [1.54, 1.807) is 20.3 Å². The van der Waals surface area contributed by atoms with Crippen molar-refractivity contribution < 1.29 is 14.6 Å². The van der Waals surface area contributed by atoms with Crippen LogP contribution in [0.25, 0.3) is 0 Å². The lowest BCUT2D eigenvalue weighted by atomic mass is 9.98. The smallest absolute Gasteiger partial charge is 0.122 e. The molecule has 4 heteroatoms. The van der Waals surface area contributed by atoms with Crippen LogP contribution in [0.5, 0.6) is 11.5 Å². The van der Waals surface area contributed by atoms with E-state index in [0.717, 1.165) is 18.4 Å². The summed E-state index contributed by atoms with van der Waals surface area (Å²) in [6, 6.07) is 5.10.